The zero-order chi connectivity index (χ0) is 13.4. The van der Waals surface area contributed by atoms with Gasteiger partial charge in [-0.25, -0.2) is 4.68 Å². The van der Waals surface area contributed by atoms with Gasteiger partial charge in [-0.2, -0.15) is 0 Å². The third kappa shape index (κ3) is 1.82. The third-order valence-corrected chi connectivity index (χ3v) is 3.38. The van der Waals surface area contributed by atoms with Gasteiger partial charge in [-0.15, -0.1) is 0 Å². The highest BCUT2D eigenvalue weighted by Gasteiger charge is 2.16. The van der Waals surface area contributed by atoms with Gasteiger partial charge in [0.05, 0.1) is 11.4 Å². The average molecular weight is 266 g/mol. The number of hydrogen-bond acceptors (Lipinski definition) is 2. The maximum absolute atomic E-state index is 12.2. The van der Waals surface area contributed by atoms with Gasteiger partial charge < -0.3 is 5.73 Å². The van der Waals surface area contributed by atoms with E-state index in [0.29, 0.717) is 11.6 Å². The van der Waals surface area contributed by atoms with Crippen molar-refractivity contribution < 1.29 is 0 Å². The minimum Gasteiger partial charge on any atom is -0.393 e. The van der Waals surface area contributed by atoms with Gasteiger partial charge in [-0.1, -0.05) is 17.7 Å². The molecule has 0 spiro atoms. The summed E-state index contributed by atoms with van der Waals surface area (Å²) in [5.74, 6) is 0. The van der Waals surface area contributed by atoms with Gasteiger partial charge in [-0.3, -0.25) is 9.48 Å². The molecular formula is C13H16ClN3O. The molecule has 0 aliphatic rings. The summed E-state index contributed by atoms with van der Waals surface area (Å²) in [6, 6.07) is 5.48. The summed E-state index contributed by atoms with van der Waals surface area (Å²) in [6.07, 6.45) is 0. The zero-order valence-electron chi connectivity index (χ0n) is 10.7. The summed E-state index contributed by atoms with van der Waals surface area (Å²) in [7, 11) is 0. The van der Waals surface area contributed by atoms with Gasteiger partial charge >= 0.3 is 0 Å². The van der Waals surface area contributed by atoms with Crippen LogP contribution in [0.25, 0.3) is 5.69 Å². The van der Waals surface area contributed by atoms with Crippen molar-refractivity contribution in [2.24, 2.45) is 0 Å². The summed E-state index contributed by atoms with van der Waals surface area (Å²) < 4.78 is 3.45. The maximum atomic E-state index is 12.2. The lowest BCUT2D eigenvalue weighted by Gasteiger charge is -2.13. The fourth-order valence-corrected chi connectivity index (χ4v) is 2.26. The molecule has 0 aliphatic heterocycles. The van der Waals surface area contributed by atoms with Gasteiger partial charge in [0.25, 0.3) is 5.56 Å². The van der Waals surface area contributed by atoms with E-state index in [1.165, 1.54) is 0 Å². The molecule has 18 heavy (non-hydrogen) atoms. The Balaban J connectivity index is 2.83. The van der Waals surface area contributed by atoms with Crippen LogP contribution in [0.1, 0.15) is 18.2 Å². The molecular weight excluding hydrogens is 250 g/mol. The first-order chi connectivity index (χ1) is 8.47. The number of aromatic nitrogens is 2. The van der Waals surface area contributed by atoms with Crippen molar-refractivity contribution in [3.05, 3.63) is 44.8 Å². The van der Waals surface area contributed by atoms with E-state index in [2.05, 4.69) is 0 Å². The molecule has 2 rings (SSSR count). The Morgan fingerprint density at radius 2 is 2.00 bits per heavy atom. The Kier molecular flexibility index (Phi) is 3.22. The lowest BCUT2D eigenvalue weighted by molar-refractivity contribution is 0.558. The molecule has 0 saturated carbocycles. The van der Waals surface area contributed by atoms with Gasteiger partial charge in [0.2, 0.25) is 0 Å². The van der Waals surface area contributed by atoms with Gasteiger partial charge in [0.1, 0.15) is 5.69 Å². The van der Waals surface area contributed by atoms with Crippen molar-refractivity contribution in [2.45, 2.75) is 27.3 Å². The van der Waals surface area contributed by atoms with Crippen molar-refractivity contribution in [1.82, 2.24) is 9.36 Å². The molecule has 1 aromatic heterocycles. The normalized spacial score (nSPS) is 10.9. The van der Waals surface area contributed by atoms with Crippen molar-refractivity contribution in [3.63, 3.8) is 0 Å². The largest absolute Gasteiger partial charge is 0.393 e. The Bertz CT molecular complexity index is 655. The molecule has 0 bridgehead atoms. The van der Waals surface area contributed by atoms with Crippen LogP contribution in [-0.2, 0) is 6.54 Å². The summed E-state index contributed by atoms with van der Waals surface area (Å²) in [5, 5.41) is 0.600. The molecule has 0 saturated heterocycles. The minimum atomic E-state index is -0.195. The molecule has 0 radical (unpaired) electrons. The number of nitrogens with zero attached hydrogens (tertiary/aromatic N) is 2. The van der Waals surface area contributed by atoms with E-state index in [1.807, 2.05) is 31.5 Å². The second-order valence-electron chi connectivity index (χ2n) is 4.26. The SMILES string of the molecule is CCn1c(C)c(N)c(=O)n1-c1cc(Cl)ccc1C. The van der Waals surface area contributed by atoms with Crippen molar-refractivity contribution in [1.29, 1.82) is 0 Å². The number of nitrogens with two attached hydrogens (primary N) is 1. The predicted octanol–water partition coefficient (Wildman–Crippen LogP) is 2.51. The van der Waals surface area contributed by atoms with Crippen LogP contribution in [0.2, 0.25) is 5.02 Å². The highest BCUT2D eigenvalue weighted by molar-refractivity contribution is 6.30. The summed E-state index contributed by atoms with van der Waals surface area (Å²) >= 11 is 6.01. The number of hydrogen-bond donors (Lipinski definition) is 1. The molecule has 1 aromatic carbocycles. The van der Waals surface area contributed by atoms with E-state index in [9.17, 15) is 4.79 Å². The molecule has 1 heterocycles. The average Bonchev–Trinajstić information content (AvgIpc) is 2.56. The Hall–Kier alpha value is -1.68. The first-order valence-electron chi connectivity index (χ1n) is 5.81. The summed E-state index contributed by atoms with van der Waals surface area (Å²) in [6.45, 7) is 6.43. The van der Waals surface area contributed by atoms with Gasteiger partial charge in [-0.05, 0) is 38.5 Å². The van der Waals surface area contributed by atoms with Crippen LogP contribution in [0, 0.1) is 13.8 Å². The third-order valence-electron chi connectivity index (χ3n) is 3.14. The maximum Gasteiger partial charge on any atom is 0.294 e. The van der Waals surface area contributed by atoms with Crippen LogP contribution < -0.4 is 11.3 Å². The fourth-order valence-electron chi connectivity index (χ4n) is 2.10. The fraction of sp³-hybridized carbons (Fsp3) is 0.308. The quantitative estimate of drug-likeness (QED) is 0.907. The predicted molar refractivity (Wildman–Crippen MR) is 74.6 cm³/mol. The molecule has 96 valence electrons. The number of anilines is 1. The Morgan fingerprint density at radius 1 is 1.33 bits per heavy atom. The smallest absolute Gasteiger partial charge is 0.294 e. The molecule has 0 fully saturated rings. The van der Waals surface area contributed by atoms with Crippen molar-refractivity contribution >= 4 is 17.3 Å². The van der Waals surface area contributed by atoms with E-state index in [-0.39, 0.29) is 11.2 Å². The van der Waals surface area contributed by atoms with Crippen LogP contribution >= 0.6 is 11.6 Å². The van der Waals surface area contributed by atoms with Crippen molar-refractivity contribution in [3.8, 4) is 5.69 Å². The first kappa shape index (κ1) is 12.8. The Labute approximate surface area is 111 Å². The van der Waals surface area contributed by atoms with Crippen LogP contribution in [0.3, 0.4) is 0 Å². The molecule has 4 nitrogen and oxygen atoms in total. The molecule has 0 amide bonds. The van der Waals surface area contributed by atoms with Crippen LogP contribution in [-0.4, -0.2) is 9.36 Å². The lowest BCUT2D eigenvalue weighted by Crippen LogP contribution is -2.22. The number of aryl methyl sites for hydroxylation is 1. The van der Waals surface area contributed by atoms with Crippen molar-refractivity contribution in [2.75, 3.05) is 5.73 Å². The van der Waals surface area contributed by atoms with E-state index in [0.717, 1.165) is 16.9 Å². The number of halogens is 1. The standard InChI is InChI=1S/C13H16ClN3O/c1-4-16-9(3)12(15)13(18)17(16)11-7-10(14)6-5-8(11)2/h5-7H,4,15H2,1-3H3. The second kappa shape index (κ2) is 4.53. The molecule has 2 aromatic rings. The summed E-state index contributed by atoms with van der Waals surface area (Å²) in [4.78, 5) is 12.2. The minimum absolute atomic E-state index is 0.195. The van der Waals surface area contributed by atoms with E-state index < -0.39 is 0 Å². The number of benzene rings is 1. The molecule has 2 N–H and O–H groups in total. The van der Waals surface area contributed by atoms with E-state index >= 15 is 0 Å². The number of rotatable bonds is 2. The monoisotopic (exact) mass is 265 g/mol. The molecule has 5 heteroatoms. The first-order valence-corrected chi connectivity index (χ1v) is 6.19. The molecule has 0 aliphatic carbocycles. The summed E-state index contributed by atoms with van der Waals surface area (Å²) in [5.41, 5.74) is 8.44. The highest BCUT2D eigenvalue weighted by atomic mass is 35.5. The van der Waals surface area contributed by atoms with Crippen LogP contribution in [0.4, 0.5) is 5.69 Å². The topological polar surface area (TPSA) is 52.9 Å². The zero-order valence-corrected chi connectivity index (χ0v) is 11.5. The van der Waals surface area contributed by atoms with E-state index in [1.54, 1.807) is 16.8 Å². The van der Waals surface area contributed by atoms with Crippen LogP contribution in [0.15, 0.2) is 23.0 Å². The number of nitrogen functional groups attached to an aromatic ring is 1. The van der Waals surface area contributed by atoms with Crippen LogP contribution in [0.5, 0.6) is 0 Å². The van der Waals surface area contributed by atoms with E-state index in [4.69, 9.17) is 17.3 Å². The molecule has 0 unspecified atom stereocenters. The highest BCUT2D eigenvalue weighted by Crippen LogP contribution is 2.20. The molecule has 0 atom stereocenters. The van der Waals surface area contributed by atoms with Gasteiger partial charge in [0.15, 0.2) is 0 Å². The van der Waals surface area contributed by atoms with Gasteiger partial charge in [0, 0.05) is 11.6 Å². The second-order valence-corrected chi connectivity index (χ2v) is 4.70. The Morgan fingerprint density at radius 3 is 2.61 bits per heavy atom. The lowest BCUT2D eigenvalue weighted by atomic mass is 10.2.